The van der Waals surface area contributed by atoms with Gasteiger partial charge in [-0.05, 0) is 48.7 Å². The van der Waals surface area contributed by atoms with E-state index in [1.807, 2.05) is 24.3 Å². The second-order valence-corrected chi connectivity index (χ2v) is 4.78. The van der Waals surface area contributed by atoms with Gasteiger partial charge in [0.2, 0.25) is 0 Å². The first-order valence-electron chi connectivity index (χ1n) is 6.96. The number of benzene rings is 2. The first-order valence-corrected chi connectivity index (χ1v) is 6.96. The number of nitrogens with two attached hydrogens (primary N) is 1. The zero-order valence-electron chi connectivity index (χ0n) is 12.1. The molecule has 4 heteroatoms. The lowest BCUT2D eigenvalue weighted by molar-refractivity contribution is 0.284. The minimum Gasteiger partial charge on any atom is -0.497 e. The van der Waals surface area contributed by atoms with Gasteiger partial charge in [-0.2, -0.15) is 0 Å². The number of ether oxygens (including phenoxy) is 2. The van der Waals surface area contributed by atoms with E-state index < -0.39 is 0 Å². The largest absolute Gasteiger partial charge is 0.497 e. The van der Waals surface area contributed by atoms with Crippen molar-refractivity contribution < 1.29 is 13.9 Å². The van der Waals surface area contributed by atoms with Gasteiger partial charge in [-0.1, -0.05) is 24.3 Å². The summed E-state index contributed by atoms with van der Waals surface area (Å²) in [5.41, 5.74) is 6.94. The average molecular weight is 289 g/mol. The zero-order valence-corrected chi connectivity index (χ0v) is 12.1. The summed E-state index contributed by atoms with van der Waals surface area (Å²) >= 11 is 0. The predicted octanol–water partition coefficient (Wildman–Crippen LogP) is 3.35. The number of methoxy groups -OCH3 is 1. The van der Waals surface area contributed by atoms with Gasteiger partial charge in [0.05, 0.1) is 13.7 Å². The van der Waals surface area contributed by atoms with Crippen LogP contribution in [0.4, 0.5) is 4.39 Å². The Morgan fingerprint density at radius 1 is 1.14 bits per heavy atom. The van der Waals surface area contributed by atoms with Crippen LogP contribution in [0.2, 0.25) is 0 Å². The van der Waals surface area contributed by atoms with Gasteiger partial charge in [0, 0.05) is 0 Å². The highest BCUT2D eigenvalue weighted by atomic mass is 19.1. The molecular formula is C17H20FNO2. The van der Waals surface area contributed by atoms with Crippen LogP contribution < -0.4 is 15.2 Å². The van der Waals surface area contributed by atoms with Gasteiger partial charge < -0.3 is 15.2 Å². The molecule has 0 bridgehead atoms. The molecule has 21 heavy (non-hydrogen) atoms. The van der Waals surface area contributed by atoms with E-state index in [2.05, 4.69) is 0 Å². The van der Waals surface area contributed by atoms with Gasteiger partial charge in [-0.3, -0.25) is 0 Å². The molecule has 1 atom stereocenters. The molecule has 0 aromatic heterocycles. The summed E-state index contributed by atoms with van der Waals surface area (Å²) in [5.74, 6) is 0.898. The second kappa shape index (κ2) is 7.64. The average Bonchev–Trinajstić information content (AvgIpc) is 2.53. The fourth-order valence-corrected chi connectivity index (χ4v) is 2.19. The highest BCUT2D eigenvalue weighted by molar-refractivity contribution is 5.31. The lowest BCUT2D eigenvalue weighted by Crippen LogP contribution is -2.16. The van der Waals surface area contributed by atoms with Gasteiger partial charge in [0.15, 0.2) is 11.6 Å². The number of hydrogen-bond donors (Lipinski definition) is 1. The number of halogens is 1. The third kappa shape index (κ3) is 4.20. The molecule has 0 saturated carbocycles. The first-order chi connectivity index (χ1) is 10.2. The van der Waals surface area contributed by atoms with Crippen LogP contribution in [-0.4, -0.2) is 20.3 Å². The quantitative estimate of drug-likeness (QED) is 0.850. The lowest BCUT2D eigenvalue weighted by atomic mass is 9.96. The zero-order chi connectivity index (χ0) is 15.1. The normalized spacial score (nSPS) is 12.0. The molecule has 2 aromatic rings. The molecule has 0 aliphatic heterocycles. The molecule has 0 amide bonds. The Bertz CT molecular complexity index is 574. The highest BCUT2D eigenvalue weighted by Gasteiger charge is 2.11. The lowest BCUT2D eigenvalue weighted by Gasteiger charge is -2.16. The summed E-state index contributed by atoms with van der Waals surface area (Å²) < 4.78 is 24.2. The molecule has 112 valence electrons. The van der Waals surface area contributed by atoms with Gasteiger partial charge in [-0.15, -0.1) is 0 Å². The summed E-state index contributed by atoms with van der Waals surface area (Å²) in [6.07, 6.45) is 0.720. The van der Waals surface area contributed by atoms with Crippen molar-refractivity contribution in [1.29, 1.82) is 0 Å². The molecule has 0 spiro atoms. The number of rotatable bonds is 7. The number of hydrogen-bond acceptors (Lipinski definition) is 3. The number of para-hydroxylation sites is 1. The van der Waals surface area contributed by atoms with Gasteiger partial charge in [0.25, 0.3) is 0 Å². The van der Waals surface area contributed by atoms with Crippen LogP contribution in [0.15, 0.2) is 48.5 Å². The van der Waals surface area contributed by atoms with E-state index in [1.165, 1.54) is 6.07 Å². The van der Waals surface area contributed by atoms with Crippen molar-refractivity contribution in [3.05, 3.63) is 59.9 Å². The molecule has 2 aromatic carbocycles. The fourth-order valence-electron chi connectivity index (χ4n) is 2.19. The molecule has 0 radical (unpaired) electrons. The van der Waals surface area contributed by atoms with Crippen LogP contribution in [0.5, 0.6) is 11.5 Å². The van der Waals surface area contributed by atoms with Crippen molar-refractivity contribution in [2.24, 2.45) is 5.73 Å². The summed E-state index contributed by atoms with van der Waals surface area (Å²) in [5, 5.41) is 0. The molecule has 0 heterocycles. The Morgan fingerprint density at radius 3 is 2.67 bits per heavy atom. The summed E-state index contributed by atoms with van der Waals surface area (Å²) in [6.45, 7) is 0.924. The maximum Gasteiger partial charge on any atom is 0.165 e. The SMILES string of the molecule is COc1cccc(C(CN)CCOc2ccccc2F)c1. The van der Waals surface area contributed by atoms with Crippen LogP contribution in [-0.2, 0) is 0 Å². The highest BCUT2D eigenvalue weighted by Crippen LogP contribution is 2.23. The minimum absolute atomic E-state index is 0.159. The predicted molar refractivity (Wildman–Crippen MR) is 81.3 cm³/mol. The third-order valence-electron chi connectivity index (χ3n) is 3.41. The molecule has 2 N–H and O–H groups in total. The van der Waals surface area contributed by atoms with Crippen molar-refractivity contribution in [3.8, 4) is 11.5 Å². The van der Waals surface area contributed by atoms with Crippen molar-refractivity contribution in [1.82, 2.24) is 0 Å². The molecule has 0 fully saturated rings. The van der Waals surface area contributed by atoms with Crippen molar-refractivity contribution in [3.63, 3.8) is 0 Å². The van der Waals surface area contributed by atoms with E-state index >= 15 is 0 Å². The van der Waals surface area contributed by atoms with Crippen molar-refractivity contribution >= 4 is 0 Å². The van der Waals surface area contributed by atoms with E-state index in [0.717, 1.165) is 17.7 Å². The summed E-state index contributed by atoms with van der Waals surface area (Å²) in [7, 11) is 1.64. The van der Waals surface area contributed by atoms with Crippen LogP contribution >= 0.6 is 0 Å². The van der Waals surface area contributed by atoms with Gasteiger partial charge in [0.1, 0.15) is 5.75 Å². The second-order valence-electron chi connectivity index (χ2n) is 4.78. The van der Waals surface area contributed by atoms with Crippen molar-refractivity contribution in [2.45, 2.75) is 12.3 Å². The van der Waals surface area contributed by atoms with E-state index in [1.54, 1.807) is 25.3 Å². The van der Waals surface area contributed by atoms with E-state index in [0.29, 0.717) is 13.2 Å². The topological polar surface area (TPSA) is 44.5 Å². The maximum atomic E-state index is 13.5. The summed E-state index contributed by atoms with van der Waals surface area (Å²) in [4.78, 5) is 0. The molecule has 1 unspecified atom stereocenters. The monoisotopic (exact) mass is 289 g/mol. The van der Waals surface area contributed by atoms with Crippen LogP contribution in [0.25, 0.3) is 0 Å². The Morgan fingerprint density at radius 2 is 1.95 bits per heavy atom. The van der Waals surface area contributed by atoms with Crippen LogP contribution in [0.3, 0.4) is 0 Å². The molecule has 3 nitrogen and oxygen atoms in total. The molecule has 0 aliphatic carbocycles. The maximum absolute atomic E-state index is 13.5. The molecule has 2 rings (SSSR count). The molecular weight excluding hydrogens is 269 g/mol. The van der Waals surface area contributed by atoms with E-state index in [9.17, 15) is 4.39 Å². The third-order valence-corrected chi connectivity index (χ3v) is 3.41. The molecule has 0 aliphatic rings. The first kappa shape index (κ1) is 15.3. The standard InChI is InChI=1S/C17H20FNO2/c1-20-15-6-4-5-13(11-15)14(12-19)9-10-21-17-8-3-2-7-16(17)18/h2-8,11,14H,9-10,12,19H2,1H3. The molecule has 0 saturated heterocycles. The van der Waals surface area contributed by atoms with Crippen LogP contribution in [0, 0.1) is 5.82 Å². The Kier molecular flexibility index (Phi) is 5.58. The van der Waals surface area contributed by atoms with Gasteiger partial charge in [-0.25, -0.2) is 4.39 Å². The van der Waals surface area contributed by atoms with E-state index in [-0.39, 0.29) is 17.5 Å². The van der Waals surface area contributed by atoms with Gasteiger partial charge >= 0.3 is 0 Å². The summed E-state index contributed by atoms with van der Waals surface area (Å²) in [6, 6.07) is 14.2. The Hall–Kier alpha value is -2.07. The fraction of sp³-hybridized carbons (Fsp3) is 0.294. The van der Waals surface area contributed by atoms with Crippen molar-refractivity contribution in [2.75, 3.05) is 20.3 Å². The smallest absolute Gasteiger partial charge is 0.165 e. The Labute approximate surface area is 124 Å². The Balaban J connectivity index is 1.95. The van der Waals surface area contributed by atoms with E-state index in [4.69, 9.17) is 15.2 Å². The van der Waals surface area contributed by atoms with Crippen LogP contribution in [0.1, 0.15) is 17.9 Å². The minimum atomic E-state index is -0.344.